The van der Waals surface area contributed by atoms with Crippen molar-refractivity contribution in [2.75, 3.05) is 6.54 Å². The van der Waals surface area contributed by atoms with Gasteiger partial charge in [-0.3, -0.25) is 4.79 Å². The molecule has 0 unspecified atom stereocenters. The SMILES string of the molecule is C[C@H](Cc1ccccc1)NCCC(=O)N[C@@H](C)Cc1ccccc1. The smallest absolute Gasteiger partial charge is 0.221 e. The van der Waals surface area contributed by atoms with Gasteiger partial charge in [0.2, 0.25) is 5.91 Å². The third-order valence-corrected chi connectivity index (χ3v) is 4.02. The van der Waals surface area contributed by atoms with E-state index in [0.29, 0.717) is 19.0 Å². The zero-order valence-corrected chi connectivity index (χ0v) is 14.7. The van der Waals surface area contributed by atoms with Gasteiger partial charge >= 0.3 is 0 Å². The van der Waals surface area contributed by atoms with Crippen LogP contribution in [0.1, 0.15) is 31.4 Å². The summed E-state index contributed by atoms with van der Waals surface area (Å²) < 4.78 is 0. The molecule has 0 fully saturated rings. The van der Waals surface area contributed by atoms with Crippen molar-refractivity contribution in [2.24, 2.45) is 0 Å². The molecule has 3 nitrogen and oxygen atoms in total. The normalized spacial score (nSPS) is 13.2. The average molecular weight is 324 g/mol. The molecule has 0 aliphatic heterocycles. The van der Waals surface area contributed by atoms with E-state index in [4.69, 9.17) is 0 Å². The highest BCUT2D eigenvalue weighted by Gasteiger charge is 2.09. The maximum absolute atomic E-state index is 12.0. The van der Waals surface area contributed by atoms with Crippen molar-refractivity contribution in [3.63, 3.8) is 0 Å². The Bertz CT molecular complexity index is 598. The van der Waals surface area contributed by atoms with Gasteiger partial charge in [0.25, 0.3) is 0 Å². The predicted octanol–water partition coefficient (Wildman–Crippen LogP) is 3.34. The minimum atomic E-state index is 0.109. The van der Waals surface area contributed by atoms with Crippen molar-refractivity contribution in [1.29, 1.82) is 0 Å². The van der Waals surface area contributed by atoms with Crippen LogP contribution in [0, 0.1) is 0 Å². The first-order valence-electron chi connectivity index (χ1n) is 8.74. The highest BCUT2D eigenvalue weighted by atomic mass is 16.1. The quantitative estimate of drug-likeness (QED) is 0.743. The molecular formula is C21H28N2O. The molecule has 0 saturated carbocycles. The number of carbonyl (C=O) groups is 1. The molecule has 0 spiro atoms. The summed E-state index contributed by atoms with van der Waals surface area (Å²) in [5, 5.41) is 6.50. The van der Waals surface area contributed by atoms with Crippen molar-refractivity contribution < 1.29 is 4.79 Å². The summed E-state index contributed by atoms with van der Waals surface area (Å²) in [7, 11) is 0. The van der Waals surface area contributed by atoms with E-state index >= 15 is 0 Å². The summed E-state index contributed by atoms with van der Waals surface area (Å²) in [6, 6.07) is 21.2. The van der Waals surface area contributed by atoms with Gasteiger partial charge in [-0.05, 0) is 37.8 Å². The number of hydrogen-bond acceptors (Lipinski definition) is 2. The summed E-state index contributed by atoms with van der Waals surface area (Å²) in [6.45, 7) is 4.91. The second-order valence-corrected chi connectivity index (χ2v) is 6.45. The summed E-state index contributed by atoms with van der Waals surface area (Å²) in [5.74, 6) is 0.109. The molecule has 2 atom stereocenters. The monoisotopic (exact) mass is 324 g/mol. The molecule has 0 heterocycles. The van der Waals surface area contributed by atoms with Gasteiger partial charge in [-0.25, -0.2) is 0 Å². The predicted molar refractivity (Wildman–Crippen MR) is 100.0 cm³/mol. The summed E-state index contributed by atoms with van der Waals surface area (Å²) >= 11 is 0. The zero-order valence-electron chi connectivity index (χ0n) is 14.7. The molecule has 0 aliphatic rings. The van der Waals surface area contributed by atoms with E-state index < -0.39 is 0 Å². The van der Waals surface area contributed by atoms with E-state index in [1.54, 1.807) is 0 Å². The van der Waals surface area contributed by atoms with E-state index in [0.717, 1.165) is 12.8 Å². The van der Waals surface area contributed by atoms with E-state index in [1.807, 2.05) is 24.3 Å². The molecule has 0 radical (unpaired) electrons. The van der Waals surface area contributed by atoms with Crippen molar-refractivity contribution in [2.45, 2.75) is 45.2 Å². The third-order valence-electron chi connectivity index (χ3n) is 4.02. The second-order valence-electron chi connectivity index (χ2n) is 6.45. The minimum absolute atomic E-state index is 0.109. The van der Waals surface area contributed by atoms with E-state index in [2.05, 4.69) is 60.9 Å². The lowest BCUT2D eigenvalue weighted by Crippen LogP contribution is -2.37. The number of hydrogen-bond donors (Lipinski definition) is 2. The zero-order chi connectivity index (χ0) is 17.2. The van der Waals surface area contributed by atoms with E-state index in [-0.39, 0.29) is 11.9 Å². The van der Waals surface area contributed by atoms with Crippen LogP contribution in [0.5, 0.6) is 0 Å². The van der Waals surface area contributed by atoms with Gasteiger partial charge in [0.1, 0.15) is 0 Å². The van der Waals surface area contributed by atoms with Crippen molar-refractivity contribution in [3.05, 3.63) is 71.8 Å². The summed E-state index contributed by atoms with van der Waals surface area (Å²) in [4.78, 5) is 12.0. The number of carbonyl (C=O) groups excluding carboxylic acids is 1. The highest BCUT2D eigenvalue weighted by Crippen LogP contribution is 2.04. The Hall–Kier alpha value is -2.13. The Labute approximate surface area is 145 Å². The average Bonchev–Trinajstić information content (AvgIpc) is 2.56. The van der Waals surface area contributed by atoms with Gasteiger partial charge in [-0.2, -0.15) is 0 Å². The van der Waals surface area contributed by atoms with Crippen molar-refractivity contribution in [3.8, 4) is 0 Å². The Balaban J connectivity index is 1.62. The number of rotatable bonds is 9. The molecule has 2 aromatic carbocycles. The number of amides is 1. The lowest BCUT2D eigenvalue weighted by molar-refractivity contribution is -0.121. The Morgan fingerprint density at radius 1 is 0.833 bits per heavy atom. The number of benzene rings is 2. The summed E-state index contributed by atoms with van der Waals surface area (Å²) in [6.07, 6.45) is 2.36. The van der Waals surface area contributed by atoms with Gasteiger partial charge in [0.15, 0.2) is 0 Å². The van der Waals surface area contributed by atoms with Crippen LogP contribution < -0.4 is 10.6 Å². The van der Waals surface area contributed by atoms with Crippen LogP contribution in [-0.4, -0.2) is 24.5 Å². The Kier molecular flexibility index (Phi) is 7.50. The molecule has 2 aromatic rings. The van der Waals surface area contributed by atoms with Crippen LogP contribution in [0.25, 0.3) is 0 Å². The molecular weight excluding hydrogens is 296 g/mol. The van der Waals surface area contributed by atoms with Crippen LogP contribution >= 0.6 is 0 Å². The lowest BCUT2D eigenvalue weighted by Gasteiger charge is -2.16. The molecule has 0 bridgehead atoms. The van der Waals surface area contributed by atoms with Crippen LogP contribution in [0.4, 0.5) is 0 Å². The fourth-order valence-corrected chi connectivity index (χ4v) is 2.84. The van der Waals surface area contributed by atoms with Crippen LogP contribution in [0.3, 0.4) is 0 Å². The van der Waals surface area contributed by atoms with Gasteiger partial charge in [-0.15, -0.1) is 0 Å². The second kappa shape index (κ2) is 9.89. The van der Waals surface area contributed by atoms with Gasteiger partial charge < -0.3 is 10.6 Å². The third kappa shape index (κ3) is 6.97. The van der Waals surface area contributed by atoms with Gasteiger partial charge in [0, 0.05) is 25.0 Å². The number of nitrogens with one attached hydrogen (secondary N) is 2. The van der Waals surface area contributed by atoms with Gasteiger partial charge in [0.05, 0.1) is 0 Å². The van der Waals surface area contributed by atoms with Crippen LogP contribution in [-0.2, 0) is 17.6 Å². The fourth-order valence-electron chi connectivity index (χ4n) is 2.84. The molecule has 2 N–H and O–H groups in total. The van der Waals surface area contributed by atoms with Crippen LogP contribution in [0.2, 0.25) is 0 Å². The molecule has 0 saturated heterocycles. The highest BCUT2D eigenvalue weighted by molar-refractivity contribution is 5.76. The molecule has 2 rings (SSSR count). The Morgan fingerprint density at radius 2 is 1.33 bits per heavy atom. The first kappa shape index (κ1) is 18.2. The fraction of sp³-hybridized carbons (Fsp3) is 0.381. The maximum Gasteiger partial charge on any atom is 0.221 e. The first-order valence-corrected chi connectivity index (χ1v) is 8.74. The first-order chi connectivity index (χ1) is 11.6. The maximum atomic E-state index is 12.0. The largest absolute Gasteiger partial charge is 0.353 e. The molecule has 128 valence electrons. The molecule has 24 heavy (non-hydrogen) atoms. The lowest BCUT2D eigenvalue weighted by atomic mass is 10.1. The molecule has 3 heteroatoms. The minimum Gasteiger partial charge on any atom is -0.353 e. The molecule has 0 aromatic heterocycles. The molecule has 1 amide bonds. The van der Waals surface area contributed by atoms with Crippen LogP contribution in [0.15, 0.2) is 60.7 Å². The molecule has 0 aliphatic carbocycles. The van der Waals surface area contributed by atoms with E-state index in [9.17, 15) is 4.79 Å². The van der Waals surface area contributed by atoms with E-state index in [1.165, 1.54) is 11.1 Å². The van der Waals surface area contributed by atoms with Gasteiger partial charge in [-0.1, -0.05) is 60.7 Å². The Morgan fingerprint density at radius 3 is 1.88 bits per heavy atom. The summed E-state index contributed by atoms with van der Waals surface area (Å²) in [5.41, 5.74) is 2.57. The van der Waals surface area contributed by atoms with Crippen molar-refractivity contribution >= 4 is 5.91 Å². The van der Waals surface area contributed by atoms with Crippen molar-refractivity contribution in [1.82, 2.24) is 10.6 Å². The topological polar surface area (TPSA) is 41.1 Å². The standard InChI is InChI=1S/C21H28N2O/c1-17(15-19-9-5-3-6-10-19)22-14-13-21(24)23-18(2)16-20-11-7-4-8-12-20/h3-12,17-18,22H,13-16H2,1-2H3,(H,23,24)/t17-,18+/m1/s1.